The number of alkyl halides is 3. The zero-order chi connectivity index (χ0) is 18.7. The van der Waals surface area contributed by atoms with Gasteiger partial charge in [0.15, 0.2) is 0 Å². The second-order valence-corrected chi connectivity index (χ2v) is 7.71. The molecule has 1 saturated heterocycles. The Morgan fingerprint density at radius 1 is 1.12 bits per heavy atom. The molecule has 1 atom stereocenters. The molecule has 0 aromatic heterocycles. The van der Waals surface area contributed by atoms with Gasteiger partial charge in [0.2, 0.25) is 5.91 Å². The largest absolute Gasteiger partial charge is 0.446 e. The summed E-state index contributed by atoms with van der Waals surface area (Å²) in [6.07, 6.45) is 3.54. The molecule has 1 aliphatic carbocycles. The molecule has 2 aliphatic rings. The lowest BCUT2D eigenvalue weighted by molar-refractivity contribution is -0.133. The summed E-state index contributed by atoms with van der Waals surface area (Å²) < 4.78 is 36.9. The minimum absolute atomic E-state index is 0.0602. The number of piperidine rings is 1. The third kappa shape index (κ3) is 5.55. The fourth-order valence-corrected chi connectivity index (χ4v) is 3.52. The number of hydrogen-bond donors (Lipinski definition) is 2. The Bertz CT molecular complexity index is 662. The molecule has 0 unspecified atom stereocenters. The van der Waals surface area contributed by atoms with Gasteiger partial charge in [-0.05, 0) is 61.7 Å². The Labute approximate surface area is 153 Å². The van der Waals surface area contributed by atoms with Crippen molar-refractivity contribution in [2.24, 2.45) is 5.92 Å². The molecule has 1 aromatic carbocycles. The maximum atomic E-state index is 12.3. The van der Waals surface area contributed by atoms with E-state index in [1.807, 2.05) is 4.90 Å². The van der Waals surface area contributed by atoms with Gasteiger partial charge in [0.25, 0.3) is 0 Å². The molecule has 1 aromatic rings. The second-order valence-electron chi connectivity index (χ2n) is 6.57. The summed E-state index contributed by atoms with van der Waals surface area (Å²) in [7, 11) is 0. The fourth-order valence-electron chi connectivity index (χ4n) is 2.98. The fraction of sp³-hybridized carbons (Fsp3) is 0.529. The van der Waals surface area contributed by atoms with Gasteiger partial charge >= 0.3 is 11.5 Å². The average molecular weight is 387 g/mol. The van der Waals surface area contributed by atoms with E-state index in [9.17, 15) is 22.8 Å². The summed E-state index contributed by atoms with van der Waals surface area (Å²) >= 11 is -0.199. The van der Waals surface area contributed by atoms with Crippen molar-refractivity contribution < 1.29 is 22.8 Å². The minimum Gasteiger partial charge on any atom is -0.340 e. The first-order chi connectivity index (χ1) is 12.3. The summed E-state index contributed by atoms with van der Waals surface area (Å²) in [5.74, 6) is 0.338. The molecule has 26 heavy (non-hydrogen) atoms. The SMILES string of the molecule is O=C(Nc1ccc(SC(F)(F)F)cc1)N[C@H]1CCCN(C(=O)C2CC2)C1. The van der Waals surface area contributed by atoms with Gasteiger partial charge in [-0.2, -0.15) is 13.2 Å². The van der Waals surface area contributed by atoms with Crippen molar-refractivity contribution >= 4 is 29.4 Å². The smallest absolute Gasteiger partial charge is 0.340 e. The van der Waals surface area contributed by atoms with E-state index in [0.29, 0.717) is 12.2 Å². The third-order valence-corrected chi connectivity index (χ3v) is 5.08. The molecule has 1 saturated carbocycles. The average Bonchev–Trinajstić information content (AvgIpc) is 3.40. The van der Waals surface area contributed by atoms with Crippen LogP contribution in [0.25, 0.3) is 0 Å². The number of rotatable bonds is 4. The standard InChI is InChI=1S/C17H20F3N3O2S/c18-17(19,20)26-14-7-5-12(6-8-14)21-16(25)22-13-2-1-9-23(10-13)15(24)11-3-4-11/h5-8,11,13H,1-4,9-10H2,(H2,21,22,25)/t13-/m0/s1. The van der Waals surface area contributed by atoms with E-state index < -0.39 is 11.5 Å². The van der Waals surface area contributed by atoms with Gasteiger partial charge < -0.3 is 15.5 Å². The molecule has 3 amide bonds. The first-order valence-corrected chi connectivity index (χ1v) is 9.34. The molecular weight excluding hydrogens is 367 g/mol. The number of halogens is 3. The van der Waals surface area contributed by atoms with Crippen LogP contribution in [0.1, 0.15) is 25.7 Å². The third-order valence-electron chi connectivity index (χ3n) is 4.34. The van der Waals surface area contributed by atoms with Crippen LogP contribution in [0.5, 0.6) is 0 Å². The molecular formula is C17H20F3N3O2S. The number of anilines is 1. The number of thioether (sulfide) groups is 1. The molecule has 2 N–H and O–H groups in total. The van der Waals surface area contributed by atoms with Crippen molar-refractivity contribution in [2.45, 2.75) is 42.1 Å². The molecule has 9 heteroatoms. The van der Waals surface area contributed by atoms with Crippen molar-refractivity contribution in [1.82, 2.24) is 10.2 Å². The molecule has 0 spiro atoms. The molecule has 2 fully saturated rings. The number of hydrogen-bond acceptors (Lipinski definition) is 3. The van der Waals surface area contributed by atoms with E-state index in [2.05, 4.69) is 10.6 Å². The van der Waals surface area contributed by atoms with Gasteiger partial charge in [-0.1, -0.05) is 0 Å². The first-order valence-electron chi connectivity index (χ1n) is 8.52. The number of nitrogens with zero attached hydrogens (tertiary/aromatic N) is 1. The van der Waals surface area contributed by atoms with Crippen molar-refractivity contribution in [2.75, 3.05) is 18.4 Å². The summed E-state index contributed by atoms with van der Waals surface area (Å²) in [6, 6.07) is 4.93. The van der Waals surface area contributed by atoms with Crippen LogP contribution in [-0.2, 0) is 4.79 Å². The van der Waals surface area contributed by atoms with Crippen molar-refractivity contribution in [1.29, 1.82) is 0 Å². The van der Waals surface area contributed by atoms with Crippen LogP contribution in [0, 0.1) is 5.92 Å². The van der Waals surface area contributed by atoms with Gasteiger partial charge in [-0.3, -0.25) is 4.79 Å². The van der Waals surface area contributed by atoms with Crippen LogP contribution in [0.15, 0.2) is 29.2 Å². The summed E-state index contributed by atoms with van der Waals surface area (Å²) in [5.41, 5.74) is -3.92. The van der Waals surface area contributed by atoms with E-state index in [-0.39, 0.29) is 34.5 Å². The molecule has 5 nitrogen and oxygen atoms in total. The lowest BCUT2D eigenvalue weighted by atomic mass is 10.1. The van der Waals surface area contributed by atoms with Crippen LogP contribution in [0.3, 0.4) is 0 Å². The molecule has 1 heterocycles. The van der Waals surface area contributed by atoms with E-state index >= 15 is 0 Å². The zero-order valence-electron chi connectivity index (χ0n) is 14.0. The van der Waals surface area contributed by atoms with Gasteiger partial charge in [-0.15, -0.1) is 0 Å². The highest BCUT2D eigenvalue weighted by molar-refractivity contribution is 8.00. The number of nitrogens with one attached hydrogen (secondary N) is 2. The van der Waals surface area contributed by atoms with Crippen molar-refractivity contribution in [3.05, 3.63) is 24.3 Å². The number of carbonyl (C=O) groups is 2. The lowest BCUT2D eigenvalue weighted by Crippen LogP contribution is -2.50. The Kier molecular flexibility index (Phi) is 5.64. The van der Waals surface area contributed by atoms with Crippen molar-refractivity contribution in [3.8, 4) is 0 Å². The molecule has 3 rings (SSSR count). The molecule has 0 radical (unpaired) electrons. The van der Waals surface area contributed by atoms with E-state index in [4.69, 9.17) is 0 Å². The van der Waals surface area contributed by atoms with Crippen LogP contribution in [0.2, 0.25) is 0 Å². The summed E-state index contributed by atoms with van der Waals surface area (Å²) in [6.45, 7) is 1.23. The first kappa shape index (κ1) is 18.9. The van der Waals surface area contributed by atoms with Crippen molar-refractivity contribution in [3.63, 3.8) is 0 Å². The number of benzene rings is 1. The molecule has 0 bridgehead atoms. The van der Waals surface area contributed by atoms with Gasteiger partial charge in [0.1, 0.15) is 0 Å². The minimum atomic E-state index is -4.34. The number of likely N-dealkylation sites (tertiary alicyclic amines) is 1. The van der Waals surface area contributed by atoms with Crippen LogP contribution < -0.4 is 10.6 Å². The lowest BCUT2D eigenvalue weighted by Gasteiger charge is -2.33. The van der Waals surface area contributed by atoms with E-state index in [0.717, 1.165) is 32.2 Å². The second kappa shape index (κ2) is 7.77. The van der Waals surface area contributed by atoms with Crippen LogP contribution in [0.4, 0.5) is 23.7 Å². The number of urea groups is 1. The molecule has 142 valence electrons. The maximum Gasteiger partial charge on any atom is 0.446 e. The Morgan fingerprint density at radius 3 is 2.42 bits per heavy atom. The highest BCUT2D eigenvalue weighted by atomic mass is 32.2. The predicted octanol–water partition coefficient (Wildman–Crippen LogP) is 3.82. The maximum absolute atomic E-state index is 12.3. The quantitative estimate of drug-likeness (QED) is 0.772. The summed E-state index contributed by atoms with van der Waals surface area (Å²) in [4.78, 5) is 26.1. The highest BCUT2D eigenvalue weighted by Crippen LogP contribution is 2.37. The number of carbonyl (C=O) groups excluding carboxylic acids is 2. The molecule has 1 aliphatic heterocycles. The monoisotopic (exact) mass is 387 g/mol. The van der Waals surface area contributed by atoms with Gasteiger partial charge in [0, 0.05) is 35.6 Å². The Balaban J connectivity index is 1.48. The normalized spacial score (nSPS) is 20.6. The Hall–Kier alpha value is -1.90. The topological polar surface area (TPSA) is 61.4 Å². The Morgan fingerprint density at radius 2 is 1.81 bits per heavy atom. The van der Waals surface area contributed by atoms with E-state index in [1.165, 1.54) is 24.3 Å². The van der Waals surface area contributed by atoms with Crippen LogP contribution in [-0.4, -0.2) is 41.5 Å². The summed E-state index contributed by atoms with van der Waals surface area (Å²) in [5, 5.41) is 5.45. The van der Waals surface area contributed by atoms with E-state index in [1.54, 1.807) is 0 Å². The van der Waals surface area contributed by atoms with Gasteiger partial charge in [-0.25, -0.2) is 4.79 Å². The van der Waals surface area contributed by atoms with Crippen LogP contribution >= 0.6 is 11.8 Å². The number of amides is 3. The zero-order valence-corrected chi connectivity index (χ0v) is 14.8. The van der Waals surface area contributed by atoms with Gasteiger partial charge in [0.05, 0.1) is 0 Å². The highest BCUT2D eigenvalue weighted by Gasteiger charge is 2.35. The predicted molar refractivity (Wildman–Crippen MR) is 92.8 cm³/mol.